The normalized spacial score (nSPS) is 14.8. The van der Waals surface area contributed by atoms with Gasteiger partial charge in [-0.05, 0) is 49.5 Å². The lowest BCUT2D eigenvalue weighted by molar-refractivity contribution is 0.0374. The molecule has 0 atom stereocenters. The second-order valence-electron chi connectivity index (χ2n) is 7.20. The Balaban J connectivity index is 1.47. The summed E-state index contributed by atoms with van der Waals surface area (Å²) in [6.07, 6.45) is 0.919. The highest BCUT2D eigenvalue weighted by atomic mass is 32.1. The Labute approximate surface area is 175 Å². The van der Waals surface area contributed by atoms with Crippen LogP contribution in [0.5, 0.6) is 0 Å². The Morgan fingerprint density at radius 1 is 1.21 bits per heavy atom. The van der Waals surface area contributed by atoms with E-state index in [1.54, 1.807) is 16.0 Å². The fourth-order valence-corrected chi connectivity index (χ4v) is 4.07. The summed E-state index contributed by atoms with van der Waals surface area (Å²) >= 11 is 1.62. The smallest absolute Gasteiger partial charge is 0.270 e. The van der Waals surface area contributed by atoms with Gasteiger partial charge in [0.2, 0.25) is 0 Å². The van der Waals surface area contributed by atoms with E-state index in [2.05, 4.69) is 10.2 Å². The van der Waals surface area contributed by atoms with Gasteiger partial charge in [0.15, 0.2) is 0 Å². The second-order valence-corrected chi connectivity index (χ2v) is 8.15. The van der Waals surface area contributed by atoms with Gasteiger partial charge in [0.25, 0.3) is 5.91 Å². The topological polar surface area (TPSA) is 59.4 Å². The van der Waals surface area contributed by atoms with Crippen LogP contribution in [-0.4, -0.2) is 60.0 Å². The molecule has 152 valence electrons. The van der Waals surface area contributed by atoms with Crippen LogP contribution >= 0.6 is 11.3 Å². The lowest BCUT2D eigenvalue weighted by atomic mass is 10.2. The van der Waals surface area contributed by atoms with Crippen molar-refractivity contribution in [2.75, 3.05) is 39.4 Å². The molecule has 0 spiro atoms. The van der Waals surface area contributed by atoms with Crippen molar-refractivity contribution in [2.24, 2.45) is 0 Å². The number of hydrogen-bond donors (Lipinski definition) is 1. The molecule has 7 heteroatoms. The maximum Gasteiger partial charge on any atom is 0.270 e. The Morgan fingerprint density at radius 3 is 2.72 bits per heavy atom. The van der Waals surface area contributed by atoms with Crippen molar-refractivity contribution in [3.63, 3.8) is 0 Å². The summed E-state index contributed by atoms with van der Waals surface area (Å²) < 4.78 is 7.12. The summed E-state index contributed by atoms with van der Waals surface area (Å²) in [5, 5.41) is 9.80. The number of hydrogen-bond acceptors (Lipinski definition) is 5. The first-order chi connectivity index (χ1) is 14.2. The molecule has 4 rings (SSSR count). The molecule has 1 N–H and O–H groups in total. The minimum absolute atomic E-state index is 0.0946. The van der Waals surface area contributed by atoms with Crippen molar-refractivity contribution < 1.29 is 9.53 Å². The van der Waals surface area contributed by atoms with Gasteiger partial charge in [-0.1, -0.05) is 23.8 Å². The predicted molar refractivity (Wildman–Crippen MR) is 116 cm³/mol. The van der Waals surface area contributed by atoms with Gasteiger partial charge in [0.05, 0.1) is 23.8 Å². The third kappa shape index (κ3) is 4.93. The maximum absolute atomic E-state index is 12.9. The minimum Gasteiger partial charge on any atom is -0.379 e. The van der Waals surface area contributed by atoms with Crippen LogP contribution in [0, 0.1) is 6.92 Å². The zero-order valence-corrected chi connectivity index (χ0v) is 17.5. The Morgan fingerprint density at radius 2 is 2.00 bits per heavy atom. The standard InChI is InChI=1S/C22H26N4O2S/c1-17-5-7-18(8-6-17)26-20(16-19(24-26)21-4-2-15-29-21)22(27)23-9-3-10-25-11-13-28-14-12-25/h2,4-8,15-16H,3,9-14H2,1H3,(H,23,27). The van der Waals surface area contributed by atoms with Crippen molar-refractivity contribution in [3.05, 3.63) is 59.1 Å². The fraction of sp³-hybridized carbons (Fsp3) is 0.364. The molecule has 0 bridgehead atoms. The zero-order valence-electron chi connectivity index (χ0n) is 16.6. The minimum atomic E-state index is -0.0946. The van der Waals surface area contributed by atoms with Crippen LogP contribution < -0.4 is 5.32 Å². The molecule has 1 aromatic carbocycles. The summed E-state index contributed by atoms with van der Waals surface area (Å²) in [4.78, 5) is 16.4. The first kappa shape index (κ1) is 19.8. The molecule has 29 heavy (non-hydrogen) atoms. The monoisotopic (exact) mass is 410 g/mol. The van der Waals surface area contributed by atoms with Crippen LogP contribution in [0.1, 0.15) is 22.5 Å². The molecule has 0 aliphatic carbocycles. The molecule has 2 aromatic heterocycles. The van der Waals surface area contributed by atoms with E-state index in [4.69, 9.17) is 9.84 Å². The largest absolute Gasteiger partial charge is 0.379 e. The molecule has 0 unspecified atom stereocenters. The lowest BCUT2D eigenvalue weighted by Crippen LogP contribution is -2.38. The number of thiophene rings is 1. The van der Waals surface area contributed by atoms with E-state index in [0.29, 0.717) is 12.2 Å². The first-order valence-corrected chi connectivity index (χ1v) is 10.9. The van der Waals surface area contributed by atoms with E-state index in [1.807, 2.05) is 54.8 Å². The van der Waals surface area contributed by atoms with Gasteiger partial charge in [0.1, 0.15) is 11.4 Å². The van der Waals surface area contributed by atoms with Crippen molar-refractivity contribution in [1.29, 1.82) is 0 Å². The number of carbonyl (C=O) groups is 1. The van der Waals surface area contributed by atoms with Crippen molar-refractivity contribution >= 4 is 17.2 Å². The van der Waals surface area contributed by atoms with E-state index < -0.39 is 0 Å². The predicted octanol–water partition coefficient (Wildman–Crippen LogP) is 3.36. The van der Waals surface area contributed by atoms with Gasteiger partial charge in [-0.2, -0.15) is 5.10 Å². The van der Waals surface area contributed by atoms with Crippen LogP contribution in [-0.2, 0) is 4.74 Å². The van der Waals surface area contributed by atoms with Crippen LogP contribution in [0.2, 0.25) is 0 Å². The highest BCUT2D eigenvalue weighted by Gasteiger charge is 2.18. The number of aryl methyl sites for hydroxylation is 1. The summed E-state index contributed by atoms with van der Waals surface area (Å²) in [5.74, 6) is -0.0946. The van der Waals surface area contributed by atoms with Gasteiger partial charge in [-0.15, -0.1) is 11.3 Å². The first-order valence-electron chi connectivity index (χ1n) is 10.00. The Hall–Kier alpha value is -2.48. The molecule has 0 saturated carbocycles. The summed E-state index contributed by atoms with van der Waals surface area (Å²) in [6, 6.07) is 14.0. The average molecular weight is 411 g/mol. The molecule has 1 fully saturated rings. The number of benzene rings is 1. The van der Waals surface area contributed by atoms with E-state index >= 15 is 0 Å². The quantitative estimate of drug-likeness (QED) is 0.607. The lowest BCUT2D eigenvalue weighted by Gasteiger charge is -2.26. The number of rotatable bonds is 7. The van der Waals surface area contributed by atoms with Crippen LogP contribution in [0.25, 0.3) is 16.3 Å². The van der Waals surface area contributed by atoms with Crippen molar-refractivity contribution in [3.8, 4) is 16.3 Å². The number of morpholine rings is 1. The number of aromatic nitrogens is 2. The third-order valence-corrected chi connectivity index (χ3v) is 5.93. The van der Waals surface area contributed by atoms with Gasteiger partial charge in [-0.25, -0.2) is 4.68 Å². The van der Waals surface area contributed by atoms with Crippen molar-refractivity contribution in [1.82, 2.24) is 20.0 Å². The van der Waals surface area contributed by atoms with E-state index in [9.17, 15) is 4.79 Å². The zero-order chi connectivity index (χ0) is 20.1. The molecular weight excluding hydrogens is 384 g/mol. The summed E-state index contributed by atoms with van der Waals surface area (Å²) in [6.45, 7) is 7.20. The molecule has 3 aromatic rings. The van der Waals surface area contributed by atoms with Gasteiger partial charge in [-0.3, -0.25) is 9.69 Å². The van der Waals surface area contributed by atoms with Gasteiger partial charge in [0, 0.05) is 19.6 Å². The van der Waals surface area contributed by atoms with Crippen LogP contribution in [0.3, 0.4) is 0 Å². The molecule has 1 saturated heterocycles. The number of nitrogens with one attached hydrogen (secondary N) is 1. The van der Waals surface area contributed by atoms with E-state index in [0.717, 1.165) is 55.5 Å². The Kier molecular flexibility index (Phi) is 6.39. The van der Waals surface area contributed by atoms with Gasteiger partial charge >= 0.3 is 0 Å². The third-order valence-electron chi connectivity index (χ3n) is 5.03. The summed E-state index contributed by atoms with van der Waals surface area (Å²) in [7, 11) is 0. The molecule has 1 aliphatic rings. The summed E-state index contributed by atoms with van der Waals surface area (Å²) in [5.41, 5.74) is 3.44. The molecule has 6 nitrogen and oxygen atoms in total. The Bertz CT molecular complexity index is 928. The number of carbonyl (C=O) groups excluding carboxylic acids is 1. The number of ether oxygens (including phenoxy) is 1. The molecule has 1 aliphatic heterocycles. The second kappa shape index (κ2) is 9.35. The number of amides is 1. The fourth-order valence-electron chi connectivity index (χ4n) is 3.39. The molecule has 1 amide bonds. The molecule has 0 radical (unpaired) electrons. The van der Waals surface area contributed by atoms with Crippen LogP contribution in [0.15, 0.2) is 47.8 Å². The molecular formula is C22H26N4O2S. The van der Waals surface area contributed by atoms with Crippen LogP contribution in [0.4, 0.5) is 0 Å². The molecule has 3 heterocycles. The number of nitrogens with zero attached hydrogens (tertiary/aromatic N) is 3. The van der Waals surface area contributed by atoms with E-state index in [1.165, 1.54) is 5.56 Å². The van der Waals surface area contributed by atoms with Crippen molar-refractivity contribution in [2.45, 2.75) is 13.3 Å². The SMILES string of the molecule is Cc1ccc(-n2nc(-c3cccs3)cc2C(=O)NCCCN2CCOCC2)cc1. The average Bonchev–Trinajstić information content (AvgIpc) is 3.42. The highest BCUT2D eigenvalue weighted by molar-refractivity contribution is 7.13. The van der Waals surface area contributed by atoms with Gasteiger partial charge < -0.3 is 10.1 Å². The van der Waals surface area contributed by atoms with E-state index in [-0.39, 0.29) is 5.91 Å². The highest BCUT2D eigenvalue weighted by Crippen LogP contribution is 2.26. The maximum atomic E-state index is 12.9.